The summed E-state index contributed by atoms with van der Waals surface area (Å²) < 4.78 is 11.5. The monoisotopic (exact) mass is 372 g/mol. The lowest BCUT2D eigenvalue weighted by atomic mass is 10.1. The molecule has 0 saturated carbocycles. The van der Waals surface area contributed by atoms with Crippen LogP contribution in [0, 0.1) is 0 Å². The van der Waals surface area contributed by atoms with Gasteiger partial charge in [-0.25, -0.2) is 0 Å². The Bertz CT molecular complexity index is 787. The molecule has 144 valence electrons. The van der Waals surface area contributed by atoms with Gasteiger partial charge in [0.1, 0.15) is 17.5 Å². The van der Waals surface area contributed by atoms with Crippen molar-refractivity contribution >= 4 is 11.8 Å². The van der Waals surface area contributed by atoms with E-state index in [9.17, 15) is 9.59 Å². The number of amides is 2. The van der Waals surface area contributed by atoms with Crippen molar-refractivity contribution in [3.63, 3.8) is 0 Å². The van der Waals surface area contributed by atoms with Crippen LogP contribution in [-0.4, -0.2) is 47.4 Å². The van der Waals surface area contributed by atoms with Crippen molar-refractivity contribution in [2.45, 2.75) is 38.3 Å². The van der Waals surface area contributed by atoms with E-state index in [1.165, 1.54) is 0 Å². The SMILES string of the molecule is CCCc1cc(C(=O)NC2CCOCC2Oc2ccc(C(N)=O)cc2)n[nH]1. The molecule has 1 aromatic heterocycles. The van der Waals surface area contributed by atoms with Crippen molar-refractivity contribution in [1.82, 2.24) is 15.5 Å². The Hall–Kier alpha value is -2.87. The number of H-pyrrole nitrogens is 1. The molecule has 27 heavy (non-hydrogen) atoms. The van der Waals surface area contributed by atoms with Crippen molar-refractivity contribution in [1.29, 1.82) is 0 Å². The van der Waals surface area contributed by atoms with Crippen LogP contribution in [0.1, 0.15) is 46.3 Å². The van der Waals surface area contributed by atoms with Gasteiger partial charge in [0.15, 0.2) is 0 Å². The number of primary amides is 1. The van der Waals surface area contributed by atoms with Crippen molar-refractivity contribution in [3.05, 3.63) is 47.3 Å². The fourth-order valence-corrected chi connectivity index (χ4v) is 2.98. The van der Waals surface area contributed by atoms with Crippen LogP contribution in [0.25, 0.3) is 0 Å². The summed E-state index contributed by atoms with van der Waals surface area (Å²) in [4.78, 5) is 23.7. The molecule has 0 radical (unpaired) electrons. The summed E-state index contributed by atoms with van der Waals surface area (Å²) in [6.07, 6.45) is 2.14. The van der Waals surface area contributed by atoms with Crippen LogP contribution < -0.4 is 15.8 Å². The van der Waals surface area contributed by atoms with Gasteiger partial charge in [0.2, 0.25) is 5.91 Å². The Kier molecular flexibility index (Phi) is 6.08. The number of aromatic nitrogens is 2. The smallest absolute Gasteiger partial charge is 0.272 e. The molecule has 0 spiro atoms. The Morgan fingerprint density at radius 2 is 2.15 bits per heavy atom. The van der Waals surface area contributed by atoms with Gasteiger partial charge < -0.3 is 20.5 Å². The van der Waals surface area contributed by atoms with Crippen LogP contribution in [0.3, 0.4) is 0 Å². The van der Waals surface area contributed by atoms with E-state index in [0.29, 0.717) is 36.6 Å². The zero-order valence-corrected chi connectivity index (χ0v) is 15.2. The summed E-state index contributed by atoms with van der Waals surface area (Å²) in [6.45, 7) is 2.98. The van der Waals surface area contributed by atoms with Gasteiger partial charge in [-0.15, -0.1) is 0 Å². The van der Waals surface area contributed by atoms with E-state index in [2.05, 4.69) is 22.4 Å². The Labute approximate surface area is 157 Å². The van der Waals surface area contributed by atoms with Gasteiger partial charge in [-0.3, -0.25) is 14.7 Å². The molecule has 1 fully saturated rings. The predicted molar refractivity (Wildman–Crippen MR) is 98.6 cm³/mol. The van der Waals surface area contributed by atoms with Crippen molar-refractivity contribution in [3.8, 4) is 5.75 Å². The first kappa shape index (κ1) is 18.9. The molecule has 4 N–H and O–H groups in total. The maximum absolute atomic E-state index is 12.5. The number of nitrogens with one attached hydrogen (secondary N) is 2. The minimum Gasteiger partial charge on any atom is -0.486 e. The maximum Gasteiger partial charge on any atom is 0.272 e. The van der Waals surface area contributed by atoms with E-state index in [1.54, 1.807) is 30.3 Å². The molecule has 0 aliphatic carbocycles. The van der Waals surface area contributed by atoms with Gasteiger partial charge in [0.05, 0.1) is 12.6 Å². The summed E-state index contributed by atoms with van der Waals surface area (Å²) in [7, 11) is 0. The number of benzene rings is 1. The normalized spacial score (nSPS) is 19.4. The number of carbonyl (C=O) groups is 2. The topological polar surface area (TPSA) is 119 Å². The third kappa shape index (κ3) is 4.85. The fourth-order valence-electron chi connectivity index (χ4n) is 2.98. The highest BCUT2D eigenvalue weighted by atomic mass is 16.5. The van der Waals surface area contributed by atoms with Crippen LogP contribution in [0.2, 0.25) is 0 Å². The Balaban J connectivity index is 1.63. The second kappa shape index (κ2) is 8.68. The van der Waals surface area contributed by atoms with Gasteiger partial charge in [-0.2, -0.15) is 5.10 Å². The zero-order valence-electron chi connectivity index (χ0n) is 15.2. The van der Waals surface area contributed by atoms with Crippen LogP contribution in [0.4, 0.5) is 0 Å². The number of hydrogen-bond donors (Lipinski definition) is 3. The molecule has 2 aromatic rings. The van der Waals surface area contributed by atoms with Crippen molar-refractivity contribution in [2.24, 2.45) is 5.73 Å². The minimum absolute atomic E-state index is 0.201. The summed E-state index contributed by atoms with van der Waals surface area (Å²) in [6, 6.07) is 8.14. The lowest BCUT2D eigenvalue weighted by molar-refractivity contribution is -0.0135. The molecule has 2 atom stereocenters. The number of rotatable bonds is 7. The molecule has 8 heteroatoms. The average molecular weight is 372 g/mol. The largest absolute Gasteiger partial charge is 0.486 e. The molecule has 2 heterocycles. The molecule has 1 aliphatic rings. The highest BCUT2D eigenvalue weighted by molar-refractivity contribution is 5.93. The van der Waals surface area contributed by atoms with Gasteiger partial charge in [-0.05, 0) is 43.2 Å². The number of hydrogen-bond acceptors (Lipinski definition) is 5. The zero-order chi connectivity index (χ0) is 19.2. The summed E-state index contributed by atoms with van der Waals surface area (Å²) in [5.41, 5.74) is 6.97. The van der Waals surface area contributed by atoms with E-state index in [4.69, 9.17) is 15.2 Å². The van der Waals surface area contributed by atoms with Crippen LogP contribution in [0.15, 0.2) is 30.3 Å². The summed E-state index contributed by atoms with van der Waals surface area (Å²) in [5, 5.41) is 9.96. The summed E-state index contributed by atoms with van der Waals surface area (Å²) in [5.74, 6) is -0.146. The second-order valence-electron chi connectivity index (χ2n) is 6.52. The van der Waals surface area contributed by atoms with Gasteiger partial charge in [0, 0.05) is 17.9 Å². The highest BCUT2D eigenvalue weighted by Crippen LogP contribution is 2.19. The van der Waals surface area contributed by atoms with E-state index in [-0.39, 0.29) is 18.1 Å². The van der Waals surface area contributed by atoms with Crippen LogP contribution in [0.5, 0.6) is 5.75 Å². The molecule has 0 bridgehead atoms. The van der Waals surface area contributed by atoms with Crippen LogP contribution in [-0.2, 0) is 11.2 Å². The van der Waals surface area contributed by atoms with Gasteiger partial charge in [-0.1, -0.05) is 13.3 Å². The molecule has 1 saturated heterocycles. The van der Waals surface area contributed by atoms with E-state index in [0.717, 1.165) is 18.5 Å². The number of nitrogens with zero attached hydrogens (tertiary/aromatic N) is 1. The number of aryl methyl sites for hydroxylation is 1. The lowest BCUT2D eigenvalue weighted by Gasteiger charge is -2.32. The molecule has 2 amide bonds. The van der Waals surface area contributed by atoms with E-state index < -0.39 is 5.91 Å². The number of aromatic amines is 1. The first-order valence-corrected chi connectivity index (χ1v) is 9.06. The van der Waals surface area contributed by atoms with Crippen LogP contribution >= 0.6 is 0 Å². The molecule has 2 unspecified atom stereocenters. The average Bonchev–Trinajstić information content (AvgIpc) is 3.13. The standard InChI is InChI=1S/C19H24N4O4/c1-2-3-13-10-16(23-22-13)19(25)21-15-8-9-26-11-17(15)27-14-6-4-12(5-7-14)18(20)24/h4-7,10,15,17H,2-3,8-9,11H2,1H3,(H2,20,24)(H,21,25)(H,22,23). The third-order valence-corrected chi connectivity index (χ3v) is 4.43. The van der Waals surface area contributed by atoms with Gasteiger partial charge >= 0.3 is 0 Å². The highest BCUT2D eigenvalue weighted by Gasteiger charge is 2.30. The second-order valence-corrected chi connectivity index (χ2v) is 6.52. The maximum atomic E-state index is 12.5. The molecular formula is C19H24N4O4. The quantitative estimate of drug-likeness (QED) is 0.679. The molecule has 1 aromatic carbocycles. The number of nitrogens with two attached hydrogens (primary N) is 1. The fraction of sp³-hybridized carbons (Fsp3) is 0.421. The number of ether oxygens (including phenoxy) is 2. The minimum atomic E-state index is -0.492. The molecule has 3 rings (SSSR count). The van der Waals surface area contributed by atoms with E-state index >= 15 is 0 Å². The molecule has 8 nitrogen and oxygen atoms in total. The van der Waals surface area contributed by atoms with E-state index in [1.807, 2.05) is 0 Å². The predicted octanol–water partition coefficient (Wildman–Crippen LogP) is 1.43. The summed E-state index contributed by atoms with van der Waals surface area (Å²) >= 11 is 0. The molecule has 1 aliphatic heterocycles. The number of carbonyl (C=O) groups excluding carboxylic acids is 2. The first-order chi connectivity index (χ1) is 13.1. The Morgan fingerprint density at radius 3 is 2.85 bits per heavy atom. The first-order valence-electron chi connectivity index (χ1n) is 9.06. The van der Waals surface area contributed by atoms with Crippen molar-refractivity contribution < 1.29 is 19.1 Å². The third-order valence-electron chi connectivity index (χ3n) is 4.43. The molecular weight excluding hydrogens is 348 g/mol. The van der Waals surface area contributed by atoms with Crippen molar-refractivity contribution in [2.75, 3.05) is 13.2 Å². The van der Waals surface area contributed by atoms with Gasteiger partial charge in [0.25, 0.3) is 5.91 Å². The Morgan fingerprint density at radius 1 is 1.37 bits per heavy atom. The lowest BCUT2D eigenvalue weighted by Crippen LogP contribution is -2.51.